The number of hydrogen-bond donors (Lipinski definition) is 1. The molecule has 0 radical (unpaired) electrons. The number of hydrogen-bond acceptors (Lipinski definition) is 5. The molecule has 1 amide bonds. The van der Waals surface area contributed by atoms with E-state index in [2.05, 4.69) is 22.4 Å². The summed E-state index contributed by atoms with van der Waals surface area (Å²) in [5.41, 5.74) is 0.908. The quantitative estimate of drug-likeness (QED) is 0.784. The molecule has 1 fully saturated rings. The van der Waals surface area contributed by atoms with Crippen LogP contribution in [0.3, 0.4) is 0 Å². The Labute approximate surface area is 158 Å². The predicted octanol–water partition coefficient (Wildman–Crippen LogP) is 3.45. The van der Waals surface area contributed by atoms with Gasteiger partial charge in [-0.15, -0.1) is 10.2 Å². The van der Waals surface area contributed by atoms with Crippen LogP contribution in [0.1, 0.15) is 39.5 Å². The van der Waals surface area contributed by atoms with Gasteiger partial charge < -0.3 is 10.1 Å². The van der Waals surface area contributed by atoms with Gasteiger partial charge in [-0.05, 0) is 37.8 Å². The molecule has 26 heavy (non-hydrogen) atoms. The van der Waals surface area contributed by atoms with Gasteiger partial charge in [-0.3, -0.25) is 9.36 Å². The van der Waals surface area contributed by atoms with E-state index in [4.69, 9.17) is 4.74 Å². The number of rotatable bonds is 6. The monoisotopic (exact) mass is 374 g/mol. The number of methoxy groups -OCH3 is 1. The number of carbonyl (C=O) groups excluding carboxylic acids is 1. The highest BCUT2D eigenvalue weighted by Gasteiger charge is 2.26. The number of nitrogens with one attached hydrogen (secondary N) is 1. The molecule has 3 atom stereocenters. The summed E-state index contributed by atoms with van der Waals surface area (Å²) in [5.74, 6) is 1.38. The Balaban J connectivity index is 1.67. The first-order valence-electron chi connectivity index (χ1n) is 9.10. The zero-order valence-electron chi connectivity index (χ0n) is 15.5. The van der Waals surface area contributed by atoms with Crippen molar-refractivity contribution < 1.29 is 9.53 Å². The molecular formula is C19H26N4O2S. The van der Waals surface area contributed by atoms with Gasteiger partial charge in [0.15, 0.2) is 5.16 Å². The molecule has 0 saturated heterocycles. The summed E-state index contributed by atoms with van der Waals surface area (Å²) in [7, 11) is 1.64. The van der Waals surface area contributed by atoms with Crippen LogP contribution in [-0.4, -0.2) is 39.1 Å². The van der Waals surface area contributed by atoms with Crippen molar-refractivity contribution in [2.45, 2.75) is 56.0 Å². The molecule has 1 saturated carbocycles. The first kappa shape index (κ1) is 18.8. The molecule has 0 unspecified atom stereocenters. The number of nitrogens with zero attached hydrogens (tertiary/aromatic N) is 3. The molecule has 1 aromatic heterocycles. The van der Waals surface area contributed by atoms with Crippen LogP contribution >= 0.6 is 11.8 Å². The SMILES string of the molecule is COc1cccc(-n2cnnc2S[C@H](C)C(=O)N[C@H]2CCCC[C@H]2C)c1. The van der Waals surface area contributed by atoms with Crippen LogP contribution in [0.25, 0.3) is 5.69 Å². The Kier molecular flexibility index (Phi) is 6.19. The van der Waals surface area contributed by atoms with E-state index in [9.17, 15) is 4.79 Å². The molecule has 0 bridgehead atoms. The van der Waals surface area contributed by atoms with Gasteiger partial charge in [0, 0.05) is 12.1 Å². The average molecular weight is 375 g/mol. The molecular weight excluding hydrogens is 348 g/mol. The van der Waals surface area contributed by atoms with Gasteiger partial charge in [-0.1, -0.05) is 37.6 Å². The molecule has 1 aliphatic rings. The molecule has 3 rings (SSSR count). The van der Waals surface area contributed by atoms with E-state index in [1.165, 1.54) is 31.0 Å². The second-order valence-corrected chi connectivity index (χ2v) is 8.13. The van der Waals surface area contributed by atoms with Crippen molar-refractivity contribution in [3.63, 3.8) is 0 Å². The Morgan fingerprint density at radius 3 is 2.96 bits per heavy atom. The van der Waals surface area contributed by atoms with Crippen molar-refractivity contribution in [1.82, 2.24) is 20.1 Å². The van der Waals surface area contributed by atoms with Gasteiger partial charge in [-0.25, -0.2) is 0 Å². The van der Waals surface area contributed by atoms with Crippen molar-refractivity contribution in [1.29, 1.82) is 0 Å². The maximum absolute atomic E-state index is 12.6. The van der Waals surface area contributed by atoms with E-state index in [1.807, 2.05) is 35.8 Å². The van der Waals surface area contributed by atoms with Crippen molar-refractivity contribution in [3.8, 4) is 11.4 Å². The fraction of sp³-hybridized carbons (Fsp3) is 0.526. The maximum atomic E-state index is 12.6. The fourth-order valence-electron chi connectivity index (χ4n) is 3.28. The second-order valence-electron chi connectivity index (χ2n) is 6.82. The molecule has 1 N–H and O–H groups in total. The van der Waals surface area contributed by atoms with Gasteiger partial charge in [0.25, 0.3) is 0 Å². The number of thioether (sulfide) groups is 1. The van der Waals surface area contributed by atoms with E-state index in [0.717, 1.165) is 17.9 Å². The van der Waals surface area contributed by atoms with Crippen LogP contribution in [0.5, 0.6) is 5.75 Å². The Hall–Kier alpha value is -2.02. The molecule has 1 aliphatic carbocycles. The molecule has 0 spiro atoms. The zero-order chi connectivity index (χ0) is 18.5. The molecule has 140 valence electrons. The third-order valence-electron chi connectivity index (χ3n) is 4.94. The highest BCUT2D eigenvalue weighted by atomic mass is 32.2. The fourth-order valence-corrected chi connectivity index (χ4v) is 4.14. The summed E-state index contributed by atoms with van der Waals surface area (Å²) in [6.07, 6.45) is 6.38. The number of aromatic nitrogens is 3. The van der Waals surface area contributed by atoms with Crippen LogP contribution in [0.4, 0.5) is 0 Å². The third kappa shape index (κ3) is 4.38. The molecule has 0 aliphatic heterocycles. The lowest BCUT2D eigenvalue weighted by atomic mass is 9.86. The second kappa shape index (κ2) is 8.58. The summed E-state index contributed by atoms with van der Waals surface area (Å²) in [4.78, 5) is 12.6. The number of amides is 1. The van der Waals surface area contributed by atoms with Crippen molar-refractivity contribution in [2.75, 3.05) is 7.11 Å². The van der Waals surface area contributed by atoms with Gasteiger partial charge in [0.05, 0.1) is 18.0 Å². The van der Waals surface area contributed by atoms with Crippen molar-refractivity contribution in [3.05, 3.63) is 30.6 Å². The highest BCUT2D eigenvalue weighted by molar-refractivity contribution is 8.00. The minimum absolute atomic E-state index is 0.0638. The van der Waals surface area contributed by atoms with E-state index in [-0.39, 0.29) is 17.2 Å². The molecule has 1 heterocycles. The first-order chi connectivity index (χ1) is 12.6. The van der Waals surface area contributed by atoms with Crippen molar-refractivity contribution >= 4 is 17.7 Å². The van der Waals surface area contributed by atoms with Gasteiger partial charge in [0.1, 0.15) is 12.1 Å². The predicted molar refractivity (Wildman–Crippen MR) is 103 cm³/mol. The first-order valence-corrected chi connectivity index (χ1v) is 9.98. The maximum Gasteiger partial charge on any atom is 0.233 e. The summed E-state index contributed by atoms with van der Waals surface area (Å²) < 4.78 is 7.16. The van der Waals surface area contributed by atoms with E-state index in [1.54, 1.807) is 13.4 Å². The Morgan fingerprint density at radius 2 is 2.19 bits per heavy atom. The smallest absolute Gasteiger partial charge is 0.233 e. The number of ether oxygens (including phenoxy) is 1. The summed E-state index contributed by atoms with van der Waals surface area (Å²) in [6.45, 7) is 4.14. The third-order valence-corrected chi connectivity index (χ3v) is 6.00. The van der Waals surface area contributed by atoms with E-state index in [0.29, 0.717) is 11.1 Å². The molecule has 2 aromatic rings. The average Bonchev–Trinajstić information content (AvgIpc) is 3.11. The topological polar surface area (TPSA) is 69.0 Å². The van der Waals surface area contributed by atoms with Gasteiger partial charge in [0.2, 0.25) is 5.91 Å². The lowest BCUT2D eigenvalue weighted by molar-refractivity contribution is -0.121. The van der Waals surface area contributed by atoms with Crippen LogP contribution < -0.4 is 10.1 Å². The lowest BCUT2D eigenvalue weighted by Crippen LogP contribution is -2.44. The Bertz CT molecular complexity index is 749. The van der Waals surface area contributed by atoms with Crippen LogP contribution in [0.15, 0.2) is 35.7 Å². The minimum atomic E-state index is -0.238. The van der Waals surface area contributed by atoms with E-state index >= 15 is 0 Å². The molecule has 6 nitrogen and oxygen atoms in total. The highest BCUT2D eigenvalue weighted by Crippen LogP contribution is 2.27. The Morgan fingerprint density at radius 1 is 1.38 bits per heavy atom. The van der Waals surface area contributed by atoms with Gasteiger partial charge in [-0.2, -0.15) is 0 Å². The molecule has 1 aromatic carbocycles. The van der Waals surface area contributed by atoms with Crippen LogP contribution in [-0.2, 0) is 4.79 Å². The summed E-state index contributed by atoms with van der Waals surface area (Å²) in [5, 5.41) is 11.9. The molecule has 7 heteroatoms. The number of carbonyl (C=O) groups is 1. The van der Waals surface area contributed by atoms with Crippen LogP contribution in [0.2, 0.25) is 0 Å². The van der Waals surface area contributed by atoms with E-state index < -0.39 is 0 Å². The minimum Gasteiger partial charge on any atom is -0.497 e. The van der Waals surface area contributed by atoms with Crippen LogP contribution in [0, 0.1) is 5.92 Å². The summed E-state index contributed by atoms with van der Waals surface area (Å²) in [6, 6.07) is 7.98. The standard InChI is InChI=1S/C19H26N4O2S/c1-13-7-4-5-10-17(13)21-18(24)14(2)26-19-22-20-12-23(19)15-8-6-9-16(11-15)25-3/h6,8-9,11-14,17H,4-5,7,10H2,1-3H3,(H,21,24)/t13-,14-,17+/m1/s1. The summed E-state index contributed by atoms with van der Waals surface area (Å²) >= 11 is 1.42. The zero-order valence-corrected chi connectivity index (χ0v) is 16.3. The normalized spacial score (nSPS) is 21.2. The lowest BCUT2D eigenvalue weighted by Gasteiger charge is -2.30. The van der Waals surface area contributed by atoms with Crippen molar-refractivity contribution in [2.24, 2.45) is 5.92 Å². The largest absolute Gasteiger partial charge is 0.497 e. The van der Waals surface area contributed by atoms with Gasteiger partial charge >= 0.3 is 0 Å². The number of benzene rings is 1.